The highest BCUT2D eigenvalue weighted by molar-refractivity contribution is 7.91. The van der Waals surface area contributed by atoms with E-state index in [1.807, 2.05) is 36.7 Å². The van der Waals surface area contributed by atoms with E-state index < -0.39 is 10.0 Å². The second-order valence-corrected chi connectivity index (χ2v) is 11.0. The van der Waals surface area contributed by atoms with Gasteiger partial charge in [0.25, 0.3) is 15.6 Å². The SMILES string of the molecule is CCc1cc(-c2ccc(S(=O)(=O)N3CCCC(Cn4ccnc4)C3)s2)c(C)[nH]c1=O. The quantitative estimate of drug-likeness (QED) is 0.629. The number of nitrogens with zero attached hydrogens (tertiary/aromatic N) is 3. The molecule has 9 heteroatoms. The predicted molar refractivity (Wildman–Crippen MR) is 118 cm³/mol. The van der Waals surface area contributed by atoms with E-state index in [2.05, 4.69) is 9.97 Å². The number of pyridine rings is 1. The van der Waals surface area contributed by atoms with Gasteiger partial charge in [-0.3, -0.25) is 4.79 Å². The van der Waals surface area contributed by atoms with Crippen molar-refractivity contribution >= 4 is 21.4 Å². The van der Waals surface area contributed by atoms with Crippen LogP contribution in [0.15, 0.2) is 45.9 Å². The number of aryl methyl sites for hydroxylation is 2. The molecule has 0 aliphatic carbocycles. The van der Waals surface area contributed by atoms with Gasteiger partial charge >= 0.3 is 0 Å². The fourth-order valence-corrected chi connectivity index (χ4v) is 7.09. The third-order valence-electron chi connectivity index (χ3n) is 5.65. The van der Waals surface area contributed by atoms with Crippen molar-refractivity contribution in [3.63, 3.8) is 0 Å². The Morgan fingerprint density at radius 3 is 2.90 bits per heavy atom. The summed E-state index contributed by atoms with van der Waals surface area (Å²) >= 11 is 1.27. The van der Waals surface area contributed by atoms with Crippen LogP contribution in [0.4, 0.5) is 0 Å². The second kappa shape index (κ2) is 8.49. The molecule has 1 atom stereocenters. The third kappa shape index (κ3) is 4.14. The topological polar surface area (TPSA) is 88.1 Å². The lowest BCUT2D eigenvalue weighted by Gasteiger charge is -2.31. The maximum atomic E-state index is 13.3. The van der Waals surface area contributed by atoms with Crippen molar-refractivity contribution in [2.45, 2.75) is 43.9 Å². The number of sulfonamides is 1. The van der Waals surface area contributed by atoms with Crippen LogP contribution in [0.25, 0.3) is 10.4 Å². The highest BCUT2D eigenvalue weighted by Gasteiger charge is 2.31. The van der Waals surface area contributed by atoms with Crippen molar-refractivity contribution in [1.82, 2.24) is 18.8 Å². The molecule has 7 nitrogen and oxygen atoms in total. The molecule has 0 amide bonds. The monoisotopic (exact) mass is 446 g/mol. The summed E-state index contributed by atoms with van der Waals surface area (Å²) in [5.41, 5.74) is 2.25. The fraction of sp³-hybridized carbons (Fsp3) is 0.429. The number of hydrogen-bond acceptors (Lipinski definition) is 5. The summed E-state index contributed by atoms with van der Waals surface area (Å²) in [5.74, 6) is 0.274. The first-order valence-electron chi connectivity index (χ1n) is 10.2. The van der Waals surface area contributed by atoms with Crippen LogP contribution in [0.5, 0.6) is 0 Å². The Morgan fingerprint density at radius 1 is 1.33 bits per heavy atom. The van der Waals surface area contributed by atoms with Gasteiger partial charge < -0.3 is 9.55 Å². The van der Waals surface area contributed by atoms with Crippen molar-refractivity contribution in [1.29, 1.82) is 0 Å². The van der Waals surface area contributed by atoms with E-state index in [0.717, 1.165) is 35.5 Å². The summed E-state index contributed by atoms with van der Waals surface area (Å²) < 4.78 is 30.6. The molecule has 0 saturated carbocycles. The first kappa shape index (κ1) is 21.0. The molecule has 0 radical (unpaired) electrons. The van der Waals surface area contributed by atoms with Crippen molar-refractivity contribution < 1.29 is 8.42 Å². The first-order valence-corrected chi connectivity index (χ1v) is 12.4. The molecule has 1 unspecified atom stereocenters. The van der Waals surface area contributed by atoms with Crippen molar-refractivity contribution in [2.24, 2.45) is 5.92 Å². The summed E-state index contributed by atoms with van der Waals surface area (Å²) in [6, 6.07) is 5.40. The van der Waals surface area contributed by atoms with Gasteiger partial charge in [-0.1, -0.05) is 6.92 Å². The van der Waals surface area contributed by atoms with Gasteiger partial charge in [0.05, 0.1) is 6.33 Å². The van der Waals surface area contributed by atoms with E-state index in [9.17, 15) is 13.2 Å². The van der Waals surface area contributed by atoms with Gasteiger partial charge in [0.15, 0.2) is 0 Å². The largest absolute Gasteiger partial charge is 0.337 e. The molecule has 4 rings (SSSR count). The zero-order valence-corrected chi connectivity index (χ0v) is 18.8. The average molecular weight is 447 g/mol. The minimum Gasteiger partial charge on any atom is -0.337 e. The Labute approximate surface area is 180 Å². The van der Waals surface area contributed by atoms with Crippen LogP contribution in [0.1, 0.15) is 31.0 Å². The van der Waals surface area contributed by atoms with Gasteiger partial charge in [0.2, 0.25) is 0 Å². The van der Waals surface area contributed by atoms with Gasteiger partial charge in [0.1, 0.15) is 4.21 Å². The molecular weight excluding hydrogens is 420 g/mol. The normalized spacial score (nSPS) is 18.0. The minimum absolute atomic E-state index is 0.0830. The van der Waals surface area contributed by atoms with Crippen LogP contribution in [-0.2, 0) is 23.0 Å². The molecule has 3 aromatic heterocycles. The number of hydrogen-bond donors (Lipinski definition) is 1. The number of rotatable bonds is 6. The van der Waals surface area contributed by atoms with Gasteiger partial charge in [0, 0.05) is 53.7 Å². The second-order valence-electron chi connectivity index (χ2n) is 7.77. The van der Waals surface area contributed by atoms with E-state index in [4.69, 9.17) is 0 Å². The molecule has 30 heavy (non-hydrogen) atoms. The lowest BCUT2D eigenvalue weighted by molar-refractivity contribution is 0.245. The number of H-pyrrole nitrogens is 1. The molecule has 1 saturated heterocycles. The zero-order chi connectivity index (χ0) is 21.3. The molecular formula is C21H26N4O3S2. The molecule has 160 valence electrons. The molecule has 1 N–H and O–H groups in total. The number of thiophene rings is 1. The Balaban J connectivity index is 1.57. The van der Waals surface area contributed by atoms with Gasteiger partial charge in [-0.2, -0.15) is 4.31 Å². The highest BCUT2D eigenvalue weighted by Crippen LogP contribution is 2.35. The minimum atomic E-state index is -3.54. The smallest absolute Gasteiger partial charge is 0.252 e. The maximum Gasteiger partial charge on any atom is 0.252 e. The predicted octanol–water partition coefficient (Wildman–Crippen LogP) is 3.27. The standard InChI is InChI=1S/C21H26N4O3S2/c1-3-17-11-18(15(2)23-21(17)26)19-6-7-20(29-19)30(27,28)25-9-4-5-16(13-25)12-24-10-8-22-14-24/h6-8,10-11,14,16H,3-5,9,12-13H2,1-2H3,(H,23,26). The van der Waals surface area contributed by atoms with Crippen molar-refractivity contribution in [3.8, 4) is 10.4 Å². The summed E-state index contributed by atoms with van der Waals surface area (Å²) in [7, 11) is -3.54. The van der Waals surface area contributed by atoms with Crippen LogP contribution >= 0.6 is 11.3 Å². The summed E-state index contributed by atoms with van der Waals surface area (Å²) in [4.78, 5) is 19.8. The molecule has 1 fully saturated rings. The van der Waals surface area contributed by atoms with Gasteiger partial charge in [-0.15, -0.1) is 11.3 Å². The average Bonchev–Trinajstić information content (AvgIpc) is 3.41. The van der Waals surface area contributed by atoms with Crippen LogP contribution in [0.3, 0.4) is 0 Å². The third-order valence-corrected chi connectivity index (χ3v) is 9.10. The van der Waals surface area contributed by atoms with E-state index in [1.165, 1.54) is 11.3 Å². The molecule has 1 aliphatic rings. The Morgan fingerprint density at radius 2 is 2.17 bits per heavy atom. The molecule has 0 spiro atoms. The Hall–Kier alpha value is -2.23. The van der Waals surface area contributed by atoms with Crippen LogP contribution < -0.4 is 5.56 Å². The van der Waals surface area contributed by atoms with Crippen LogP contribution in [0.2, 0.25) is 0 Å². The molecule has 1 aliphatic heterocycles. The first-order chi connectivity index (χ1) is 14.4. The molecule has 0 bridgehead atoms. The summed E-state index contributed by atoms with van der Waals surface area (Å²) in [6.45, 7) is 5.62. The van der Waals surface area contributed by atoms with Gasteiger partial charge in [-0.05, 0) is 50.3 Å². The van der Waals surface area contributed by atoms with E-state index in [-0.39, 0.29) is 11.5 Å². The lowest BCUT2D eigenvalue weighted by atomic mass is 10.00. The molecule has 0 aromatic carbocycles. The lowest BCUT2D eigenvalue weighted by Crippen LogP contribution is -2.40. The van der Waals surface area contributed by atoms with Crippen LogP contribution in [-0.4, -0.2) is 40.3 Å². The van der Waals surface area contributed by atoms with E-state index in [0.29, 0.717) is 29.3 Å². The maximum absolute atomic E-state index is 13.3. The van der Waals surface area contributed by atoms with Crippen LogP contribution in [0, 0.1) is 12.8 Å². The van der Waals surface area contributed by atoms with E-state index >= 15 is 0 Å². The molecule has 4 heterocycles. The Kier molecular flexibility index (Phi) is 5.95. The highest BCUT2D eigenvalue weighted by atomic mass is 32.2. The van der Waals surface area contributed by atoms with Crippen molar-refractivity contribution in [3.05, 3.63) is 58.5 Å². The number of piperidine rings is 1. The number of aromatic nitrogens is 3. The summed E-state index contributed by atoms with van der Waals surface area (Å²) in [6.07, 6.45) is 7.93. The fourth-order valence-electron chi connectivity index (χ4n) is 4.00. The number of nitrogens with one attached hydrogen (secondary N) is 1. The number of imidazole rings is 1. The molecule has 3 aromatic rings. The number of aromatic amines is 1. The summed E-state index contributed by atoms with van der Waals surface area (Å²) in [5, 5.41) is 0. The Bertz CT molecular complexity index is 1180. The zero-order valence-electron chi connectivity index (χ0n) is 17.2. The van der Waals surface area contributed by atoms with Crippen molar-refractivity contribution in [2.75, 3.05) is 13.1 Å². The van der Waals surface area contributed by atoms with E-state index in [1.54, 1.807) is 22.9 Å². The van der Waals surface area contributed by atoms with Gasteiger partial charge in [-0.25, -0.2) is 13.4 Å².